The van der Waals surface area contributed by atoms with E-state index < -0.39 is 6.09 Å². The maximum atomic E-state index is 10.2. The second-order valence-electron chi connectivity index (χ2n) is 2.27. The highest BCUT2D eigenvalue weighted by molar-refractivity contribution is 7.09. The molecule has 0 fully saturated rings. The van der Waals surface area contributed by atoms with E-state index in [4.69, 9.17) is 5.73 Å². The SMILES string of the molecule is NC(=O)OCCNCc1nccs1. The van der Waals surface area contributed by atoms with Gasteiger partial charge in [0, 0.05) is 24.7 Å². The molecular weight excluding hydrogens is 190 g/mol. The molecule has 0 aliphatic rings. The molecule has 0 unspecified atom stereocenters. The fraction of sp³-hybridized carbons (Fsp3) is 0.429. The van der Waals surface area contributed by atoms with Crippen molar-refractivity contribution < 1.29 is 9.53 Å². The molecule has 0 bridgehead atoms. The van der Waals surface area contributed by atoms with Crippen LogP contribution in [0.1, 0.15) is 5.01 Å². The molecule has 1 aromatic heterocycles. The van der Waals surface area contributed by atoms with Gasteiger partial charge in [0.2, 0.25) is 0 Å². The van der Waals surface area contributed by atoms with Crippen molar-refractivity contribution in [3.05, 3.63) is 16.6 Å². The van der Waals surface area contributed by atoms with Gasteiger partial charge in [0.1, 0.15) is 11.6 Å². The first-order chi connectivity index (χ1) is 6.29. The van der Waals surface area contributed by atoms with Gasteiger partial charge in [-0.25, -0.2) is 9.78 Å². The van der Waals surface area contributed by atoms with Gasteiger partial charge >= 0.3 is 6.09 Å². The molecule has 0 atom stereocenters. The molecule has 0 aliphatic carbocycles. The Labute approximate surface area is 79.9 Å². The summed E-state index contributed by atoms with van der Waals surface area (Å²) in [6.07, 6.45) is 1.01. The molecule has 1 rings (SSSR count). The van der Waals surface area contributed by atoms with Crippen LogP contribution in [0.4, 0.5) is 4.79 Å². The van der Waals surface area contributed by atoms with Crippen molar-refractivity contribution in [2.75, 3.05) is 13.2 Å². The molecule has 1 aromatic rings. The Kier molecular flexibility index (Phi) is 4.20. The molecule has 0 saturated heterocycles. The lowest BCUT2D eigenvalue weighted by Crippen LogP contribution is -2.23. The number of hydrogen-bond acceptors (Lipinski definition) is 5. The van der Waals surface area contributed by atoms with Crippen LogP contribution in [0.2, 0.25) is 0 Å². The minimum atomic E-state index is -0.740. The number of hydrogen-bond donors (Lipinski definition) is 2. The number of nitrogens with one attached hydrogen (secondary N) is 1. The van der Waals surface area contributed by atoms with Crippen LogP contribution in [0.5, 0.6) is 0 Å². The normalized spacial score (nSPS) is 9.85. The van der Waals surface area contributed by atoms with Crippen molar-refractivity contribution in [1.82, 2.24) is 10.3 Å². The lowest BCUT2D eigenvalue weighted by molar-refractivity contribution is 0.157. The highest BCUT2D eigenvalue weighted by Gasteiger charge is 1.95. The van der Waals surface area contributed by atoms with Crippen LogP contribution >= 0.6 is 11.3 Å². The largest absolute Gasteiger partial charge is 0.448 e. The van der Waals surface area contributed by atoms with Crippen molar-refractivity contribution >= 4 is 17.4 Å². The van der Waals surface area contributed by atoms with Gasteiger partial charge in [0.05, 0.1) is 0 Å². The van der Waals surface area contributed by atoms with Gasteiger partial charge in [0.25, 0.3) is 0 Å². The Morgan fingerprint density at radius 3 is 3.23 bits per heavy atom. The zero-order valence-corrected chi connectivity index (χ0v) is 7.84. The van der Waals surface area contributed by atoms with E-state index in [-0.39, 0.29) is 0 Å². The van der Waals surface area contributed by atoms with Crippen LogP contribution in [0.3, 0.4) is 0 Å². The number of aromatic nitrogens is 1. The third-order valence-electron chi connectivity index (χ3n) is 1.28. The van der Waals surface area contributed by atoms with Gasteiger partial charge in [-0.05, 0) is 0 Å². The number of primary amides is 1. The van der Waals surface area contributed by atoms with Crippen LogP contribution in [0, 0.1) is 0 Å². The zero-order chi connectivity index (χ0) is 9.52. The lowest BCUT2D eigenvalue weighted by Gasteiger charge is -2.01. The Balaban J connectivity index is 1.99. The van der Waals surface area contributed by atoms with E-state index in [1.807, 2.05) is 5.38 Å². The van der Waals surface area contributed by atoms with Crippen molar-refractivity contribution in [2.24, 2.45) is 5.73 Å². The van der Waals surface area contributed by atoms with E-state index in [0.717, 1.165) is 5.01 Å². The van der Waals surface area contributed by atoms with Crippen molar-refractivity contribution in [3.63, 3.8) is 0 Å². The molecule has 6 heteroatoms. The summed E-state index contributed by atoms with van der Waals surface area (Å²) in [6, 6.07) is 0. The topological polar surface area (TPSA) is 77.2 Å². The Bertz CT molecular complexity index is 250. The molecule has 0 aromatic carbocycles. The molecule has 0 radical (unpaired) electrons. The van der Waals surface area contributed by atoms with Crippen LogP contribution in [-0.2, 0) is 11.3 Å². The molecule has 5 nitrogen and oxygen atoms in total. The quantitative estimate of drug-likeness (QED) is 0.673. The summed E-state index contributed by atoms with van der Waals surface area (Å²) < 4.78 is 4.52. The summed E-state index contributed by atoms with van der Waals surface area (Å²) in [5.41, 5.74) is 4.77. The summed E-state index contributed by atoms with van der Waals surface area (Å²) in [6.45, 7) is 1.57. The fourth-order valence-corrected chi connectivity index (χ4v) is 1.35. The summed E-state index contributed by atoms with van der Waals surface area (Å²) in [7, 11) is 0. The third kappa shape index (κ3) is 4.44. The molecule has 13 heavy (non-hydrogen) atoms. The summed E-state index contributed by atoms with van der Waals surface area (Å²) in [5, 5.41) is 5.98. The maximum absolute atomic E-state index is 10.2. The van der Waals surface area contributed by atoms with Crippen LogP contribution in [-0.4, -0.2) is 24.2 Å². The number of carbonyl (C=O) groups excluding carboxylic acids is 1. The van der Waals surface area contributed by atoms with Gasteiger partial charge in [-0.3, -0.25) is 0 Å². The standard InChI is InChI=1S/C7H11N3O2S/c8-7(11)12-3-1-9-5-6-10-2-4-13-6/h2,4,9H,1,3,5H2,(H2,8,11). The molecule has 1 heterocycles. The number of nitrogens with two attached hydrogens (primary N) is 1. The predicted molar refractivity (Wildman–Crippen MR) is 49.4 cm³/mol. The zero-order valence-electron chi connectivity index (χ0n) is 7.03. The van der Waals surface area contributed by atoms with Gasteiger partial charge in [0.15, 0.2) is 0 Å². The van der Waals surface area contributed by atoms with Crippen LogP contribution < -0.4 is 11.1 Å². The second-order valence-corrected chi connectivity index (χ2v) is 3.25. The van der Waals surface area contributed by atoms with Gasteiger partial charge in [-0.1, -0.05) is 0 Å². The molecule has 1 amide bonds. The number of ether oxygens (including phenoxy) is 1. The number of thiazole rings is 1. The molecule has 0 saturated carbocycles. The van der Waals surface area contributed by atoms with Crippen LogP contribution in [0.15, 0.2) is 11.6 Å². The van der Waals surface area contributed by atoms with E-state index >= 15 is 0 Å². The number of rotatable bonds is 5. The second kappa shape index (κ2) is 5.50. The van der Waals surface area contributed by atoms with Crippen molar-refractivity contribution in [1.29, 1.82) is 0 Å². The molecule has 72 valence electrons. The fourth-order valence-electron chi connectivity index (χ4n) is 0.759. The van der Waals surface area contributed by atoms with Crippen LogP contribution in [0.25, 0.3) is 0 Å². The smallest absolute Gasteiger partial charge is 0.404 e. The summed E-state index contributed by atoms with van der Waals surface area (Å²) in [4.78, 5) is 14.2. The molecular formula is C7H11N3O2S. The van der Waals surface area contributed by atoms with Gasteiger partial charge in [-0.2, -0.15) is 0 Å². The van der Waals surface area contributed by atoms with Gasteiger partial charge < -0.3 is 15.8 Å². The average Bonchev–Trinajstić information content (AvgIpc) is 2.55. The Morgan fingerprint density at radius 1 is 1.77 bits per heavy atom. The highest BCUT2D eigenvalue weighted by atomic mass is 32.1. The molecule has 0 aliphatic heterocycles. The minimum Gasteiger partial charge on any atom is -0.448 e. The average molecular weight is 201 g/mol. The minimum absolute atomic E-state index is 0.292. The first-order valence-corrected chi connectivity index (χ1v) is 4.68. The number of carbonyl (C=O) groups is 1. The van der Waals surface area contributed by atoms with Crippen molar-refractivity contribution in [3.8, 4) is 0 Å². The maximum Gasteiger partial charge on any atom is 0.404 e. The summed E-state index contributed by atoms with van der Waals surface area (Å²) in [5.74, 6) is 0. The first-order valence-electron chi connectivity index (χ1n) is 3.80. The van der Waals surface area contributed by atoms with E-state index in [2.05, 4.69) is 15.0 Å². The van der Waals surface area contributed by atoms with E-state index in [1.54, 1.807) is 17.5 Å². The van der Waals surface area contributed by atoms with E-state index in [1.165, 1.54) is 0 Å². The Hall–Kier alpha value is -1.14. The number of amides is 1. The monoisotopic (exact) mass is 201 g/mol. The van der Waals surface area contributed by atoms with Gasteiger partial charge in [-0.15, -0.1) is 11.3 Å². The molecule has 3 N–H and O–H groups in total. The van der Waals surface area contributed by atoms with E-state index in [0.29, 0.717) is 19.7 Å². The lowest BCUT2D eigenvalue weighted by atomic mass is 10.6. The first kappa shape index (κ1) is 9.94. The summed E-state index contributed by atoms with van der Waals surface area (Å²) >= 11 is 1.58. The highest BCUT2D eigenvalue weighted by Crippen LogP contribution is 2.01. The number of nitrogens with zero attached hydrogens (tertiary/aromatic N) is 1. The van der Waals surface area contributed by atoms with E-state index in [9.17, 15) is 4.79 Å². The Morgan fingerprint density at radius 2 is 2.62 bits per heavy atom. The predicted octanol–water partition coefficient (Wildman–Crippen LogP) is 0.328. The third-order valence-corrected chi connectivity index (χ3v) is 2.06. The molecule has 0 spiro atoms. The van der Waals surface area contributed by atoms with Crippen molar-refractivity contribution in [2.45, 2.75) is 6.54 Å².